The predicted molar refractivity (Wildman–Crippen MR) is 144 cm³/mol. The standard InChI is InChI=1S/C24H41N5O2.HI/c1-6-15-29-16-12-20(13-17-29)18-27-22(25-5)26-14-11-19-7-9-21(10-8-19)28-23(30)31-24(2,3)4;/h7-10,20H,6,11-18H2,1-5H3,(H,28,30)(H2,25,26,27);1H. The number of nitrogens with zero attached hydrogens (tertiary/aromatic N) is 2. The quantitative estimate of drug-likeness (QED) is 0.249. The fourth-order valence-corrected chi connectivity index (χ4v) is 3.69. The first-order valence-corrected chi connectivity index (χ1v) is 11.5. The van der Waals surface area contributed by atoms with Gasteiger partial charge in [-0.25, -0.2) is 4.79 Å². The Morgan fingerprint density at radius 2 is 1.81 bits per heavy atom. The van der Waals surface area contributed by atoms with Crippen LogP contribution in [-0.4, -0.2) is 62.3 Å². The molecule has 32 heavy (non-hydrogen) atoms. The average molecular weight is 560 g/mol. The Kier molecular flexibility index (Phi) is 13.0. The molecule has 0 spiro atoms. The number of anilines is 1. The number of aliphatic imine (C=N–C) groups is 1. The third-order valence-electron chi connectivity index (χ3n) is 5.33. The van der Waals surface area contributed by atoms with E-state index in [0.717, 1.165) is 37.1 Å². The van der Waals surface area contributed by atoms with E-state index < -0.39 is 11.7 Å². The van der Waals surface area contributed by atoms with E-state index in [9.17, 15) is 4.79 Å². The van der Waals surface area contributed by atoms with Crippen LogP contribution in [0.5, 0.6) is 0 Å². The Hall–Kier alpha value is -1.55. The van der Waals surface area contributed by atoms with Gasteiger partial charge in [-0.05, 0) is 89.7 Å². The molecule has 2 rings (SSSR count). The highest BCUT2D eigenvalue weighted by molar-refractivity contribution is 14.0. The molecular formula is C24H42IN5O2. The monoisotopic (exact) mass is 559 g/mol. The van der Waals surface area contributed by atoms with E-state index in [1.165, 1.54) is 44.5 Å². The molecule has 182 valence electrons. The van der Waals surface area contributed by atoms with Gasteiger partial charge in [0.2, 0.25) is 0 Å². The van der Waals surface area contributed by atoms with Crippen LogP contribution in [0.1, 0.15) is 52.5 Å². The van der Waals surface area contributed by atoms with Crippen molar-refractivity contribution in [2.45, 2.75) is 59.0 Å². The summed E-state index contributed by atoms with van der Waals surface area (Å²) in [6.07, 6.45) is 4.19. The van der Waals surface area contributed by atoms with Crippen LogP contribution in [0.3, 0.4) is 0 Å². The van der Waals surface area contributed by atoms with Crippen LogP contribution >= 0.6 is 24.0 Å². The van der Waals surface area contributed by atoms with Gasteiger partial charge >= 0.3 is 6.09 Å². The van der Waals surface area contributed by atoms with Gasteiger partial charge < -0.3 is 20.3 Å². The molecule has 1 fully saturated rings. The second-order valence-corrected chi connectivity index (χ2v) is 9.24. The molecular weight excluding hydrogens is 517 g/mol. The van der Waals surface area contributed by atoms with Crippen LogP contribution in [0, 0.1) is 5.92 Å². The zero-order valence-corrected chi connectivity index (χ0v) is 22.7. The Labute approximate surface area is 211 Å². The number of carbonyl (C=O) groups is 1. The van der Waals surface area contributed by atoms with Crippen LogP contribution in [0.15, 0.2) is 29.3 Å². The number of hydrogen-bond acceptors (Lipinski definition) is 4. The van der Waals surface area contributed by atoms with Crippen molar-refractivity contribution in [3.05, 3.63) is 29.8 Å². The van der Waals surface area contributed by atoms with Gasteiger partial charge in [0.1, 0.15) is 5.60 Å². The van der Waals surface area contributed by atoms with Gasteiger partial charge in [0.15, 0.2) is 5.96 Å². The van der Waals surface area contributed by atoms with Crippen molar-refractivity contribution in [1.82, 2.24) is 15.5 Å². The van der Waals surface area contributed by atoms with Gasteiger partial charge in [0.05, 0.1) is 0 Å². The van der Waals surface area contributed by atoms with Gasteiger partial charge in [-0.2, -0.15) is 0 Å². The molecule has 0 radical (unpaired) electrons. The van der Waals surface area contributed by atoms with Crippen LogP contribution in [0.2, 0.25) is 0 Å². The van der Waals surface area contributed by atoms with Crippen LogP contribution in [0.4, 0.5) is 10.5 Å². The number of carbonyl (C=O) groups excluding carboxylic acids is 1. The number of guanidine groups is 1. The Morgan fingerprint density at radius 3 is 2.38 bits per heavy atom. The zero-order chi connectivity index (χ0) is 22.7. The fraction of sp³-hybridized carbons (Fsp3) is 0.667. The third-order valence-corrected chi connectivity index (χ3v) is 5.33. The smallest absolute Gasteiger partial charge is 0.412 e. The Morgan fingerprint density at radius 1 is 1.16 bits per heavy atom. The van der Waals surface area contributed by atoms with E-state index >= 15 is 0 Å². The minimum absolute atomic E-state index is 0. The van der Waals surface area contributed by atoms with Crippen molar-refractivity contribution in [2.24, 2.45) is 10.9 Å². The number of nitrogens with one attached hydrogen (secondary N) is 3. The molecule has 1 amide bonds. The Bertz CT molecular complexity index is 695. The fourth-order valence-electron chi connectivity index (χ4n) is 3.69. The maximum atomic E-state index is 11.8. The summed E-state index contributed by atoms with van der Waals surface area (Å²) in [6.45, 7) is 13.2. The molecule has 1 saturated heterocycles. The lowest BCUT2D eigenvalue weighted by atomic mass is 9.97. The molecule has 1 aromatic carbocycles. The van der Waals surface area contributed by atoms with Crippen LogP contribution in [0.25, 0.3) is 0 Å². The number of benzene rings is 1. The molecule has 0 aromatic heterocycles. The van der Waals surface area contributed by atoms with E-state index in [2.05, 4.69) is 32.8 Å². The van der Waals surface area contributed by atoms with E-state index in [0.29, 0.717) is 0 Å². The first-order chi connectivity index (χ1) is 14.8. The molecule has 8 heteroatoms. The minimum atomic E-state index is -0.505. The second kappa shape index (κ2) is 14.6. The Balaban J connectivity index is 0.00000512. The summed E-state index contributed by atoms with van der Waals surface area (Å²) in [5.41, 5.74) is 1.42. The third kappa shape index (κ3) is 11.4. The lowest BCUT2D eigenvalue weighted by Gasteiger charge is -2.32. The SMILES string of the molecule is CCCN1CCC(CNC(=NC)NCCc2ccc(NC(=O)OC(C)(C)C)cc2)CC1.I. The van der Waals surface area contributed by atoms with Crippen LogP contribution < -0.4 is 16.0 Å². The van der Waals surface area contributed by atoms with Gasteiger partial charge in [0.25, 0.3) is 0 Å². The molecule has 1 aliphatic rings. The molecule has 1 heterocycles. The van der Waals surface area contributed by atoms with Crippen molar-refractivity contribution in [2.75, 3.05) is 45.1 Å². The molecule has 7 nitrogen and oxygen atoms in total. The molecule has 0 aliphatic carbocycles. The molecule has 1 aromatic rings. The lowest BCUT2D eigenvalue weighted by molar-refractivity contribution is 0.0636. The predicted octanol–water partition coefficient (Wildman–Crippen LogP) is 4.48. The number of amides is 1. The van der Waals surface area contributed by atoms with E-state index in [-0.39, 0.29) is 24.0 Å². The van der Waals surface area contributed by atoms with E-state index in [4.69, 9.17) is 4.74 Å². The summed E-state index contributed by atoms with van der Waals surface area (Å²) in [5, 5.41) is 9.64. The molecule has 1 aliphatic heterocycles. The molecule has 0 atom stereocenters. The number of halogens is 1. The van der Waals surface area contributed by atoms with Crippen molar-refractivity contribution in [3.63, 3.8) is 0 Å². The second-order valence-electron chi connectivity index (χ2n) is 9.24. The highest BCUT2D eigenvalue weighted by Crippen LogP contribution is 2.16. The first-order valence-electron chi connectivity index (χ1n) is 11.5. The number of likely N-dealkylation sites (tertiary alicyclic amines) is 1. The lowest BCUT2D eigenvalue weighted by Crippen LogP contribution is -2.43. The van der Waals surface area contributed by atoms with Gasteiger partial charge in [0, 0.05) is 25.8 Å². The topological polar surface area (TPSA) is 78.0 Å². The van der Waals surface area contributed by atoms with Crippen molar-refractivity contribution < 1.29 is 9.53 Å². The largest absolute Gasteiger partial charge is 0.444 e. The minimum Gasteiger partial charge on any atom is -0.444 e. The van der Waals surface area contributed by atoms with Crippen molar-refractivity contribution >= 4 is 41.7 Å². The summed E-state index contributed by atoms with van der Waals surface area (Å²) in [7, 11) is 1.82. The maximum Gasteiger partial charge on any atom is 0.412 e. The normalized spacial score (nSPS) is 15.6. The average Bonchev–Trinajstić information content (AvgIpc) is 2.71. The molecule has 3 N–H and O–H groups in total. The number of piperidine rings is 1. The number of hydrogen-bond donors (Lipinski definition) is 3. The molecule has 0 saturated carbocycles. The van der Waals surface area contributed by atoms with Gasteiger partial charge in [-0.15, -0.1) is 24.0 Å². The summed E-state index contributed by atoms with van der Waals surface area (Å²) in [5.74, 6) is 1.58. The summed E-state index contributed by atoms with van der Waals surface area (Å²) in [6, 6.07) is 7.85. The number of ether oxygens (including phenoxy) is 1. The summed E-state index contributed by atoms with van der Waals surface area (Å²) < 4.78 is 5.28. The number of rotatable bonds is 8. The first kappa shape index (κ1) is 28.5. The molecule has 0 unspecified atom stereocenters. The van der Waals surface area contributed by atoms with Crippen molar-refractivity contribution in [1.29, 1.82) is 0 Å². The summed E-state index contributed by atoms with van der Waals surface area (Å²) in [4.78, 5) is 18.8. The van der Waals surface area contributed by atoms with Crippen LogP contribution in [-0.2, 0) is 11.2 Å². The van der Waals surface area contributed by atoms with E-state index in [1.54, 1.807) is 0 Å². The van der Waals surface area contributed by atoms with Gasteiger partial charge in [-0.3, -0.25) is 10.3 Å². The summed E-state index contributed by atoms with van der Waals surface area (Å²) >= 11 is 0. The zero-order valence-electron chi connectivity index (χ0n) is 20.4. The highest BCUT2D eigenvalue weighted by atomic mass is 127. The van der Waals surface area contributed by atoms with Gasteiger partial charge in [-0.1, -0.05) is 19.1 Å². The van der Waals surface area contributed by atoms with E-state index in [1.807, 2.05) is 52.1 Å². The van der Waals surface area contributed by atoms with Crippen molar-refractivity contribution in [3.8, 4) is 0 Å². The maximum absolute atomic E-state index is 11.8. The highest BCUT2D eigenvalue weighted by Gasteiger charge is 2.18. The molecule has 0 bridgehead atoms.